The molecule has 0 aliphatic rings. The van der Waals surface area contributed by atoms with Crippen LogP contribution in [0.4, 0.5) is 10.1 Å². The minimum absolute atomic E-state index is 0. The maximum atomic E-state index is 13.4. The van der Waals surface area contributed by atoms with Gasteiger partial charge in [-0.15, -0.1) is 24.0 Å². The van der Waals surface area contributed by atoms with Crippen molar-refractivity contribution in [1.29, 1.82) is 0 Å². The molecule has 3 aromatic rings. The number of guanidine groups is 1. The van der Waals surface area contributed by atoms with Gasteiger partial charge in [0.25, 0.3) is 0 Å². The van der Waals surface area contributed by atoms with Crippen molar-refractivity contribution in [2.24, 2.45) is 4.99 Å². The first kappa shape index (κ1) is 24.2. The zero-order valence-corrected chi connectivity index (χ0v) is 19.7. The average molecular weight is 538 g/mol. The van der Waals surface area contributed by atoms with Crippen LogP contribution >= 0.6 is 24.0 Å². The van der Waals surface area contributed by atoms with Gasteiger partial charge in [-0.3, -0.25) is 4.99 Å². The molecule has 0 saturated heterocycles. The van der Waals surface area contributed by atoms with Crippen molar-refractivity contribution in [1.82, 2.24) is 10.3 Å². The molecule has 0 amide bonds. The minimum atomic E-state index is -0.373. The van der Waals surface area contributed by atoms with E-state index in [1.54, 1.807) is 51.7 Å². The third kappa shape index (κ3) is 6.71. The molecule has 0 fully saturated rings. The van der Waals surface area contributed by atoms with Crippen molar-refractivity contribution in [3.63, 3.8) is 0 Å². The molecule has 7 nitrogen and oxygen atoms in total. The zero-order chi connectivity index (χ0) is 21.3. The summed E-state index contributed by atoms with van der Waals surface area (Å²) in [5.41, 5.74) is 1.57. The molecular formula is C22H24FIN4O3. The van der Waals surface area contributed by atoms with Gasteiger partial charge in [0.15, 0.2) is 17.5 Å². The Morgan fingerprint density at radius 3 is 2.55 bits per heavy atom. The van der Waals surface area contributed by atoms with E-state index >= 15 is 0 Å². The number of methoxy groups -OCH3 is 2. The molecule has 164 valence electrons. The number of pyridine rings is 1. The van der Waals surface area contributed by atoms with Crippen molar-refractivity contribution >= 4 is 35.6 Å². The van der Waals surface area contributed by atoms with E-state index in [2.05, 4.69) is 20.6 Å². The first-order chi connectivity index (χ1) is 14.6. The third-order valence-corrected chi connectivity index (χ3v) is 4.18. The molecule has 0 unspecified atom stereocenters. The predicted molar refractivity (Wildman–Crippen MR) is 129 cm³/mol. The molecule has 3 rings (SSSR count). The summed E-state index contributed by atoms with van der Waals surface area (Å²) in [5, 5.41) is 6.40. The average Bonchev–Trinajstić information content (AvgIpc) is 2.77. The van der Waals surface area contributed by atoms with Gasteiger partial charge in [0, 0.05) is 43.2 Å². The number of ether oxygens (including phenoxy) is 3. The molecule has 0 saturated carbocycles. The molecule has 0 atom stereocenters. The fourth-order valence-corrected chi connectivity index (χ4v) is 2.70. The smallest absolute Gasteiger partial charge is 0.224 e. The van der Waals surface area contributed by atoms with Crippen molar-refractivity contribution in [3.05, 3.63) is 72.2 Å². The van der Waals surface area contributed by atoms with E-state index < -0.39 is 0 Å². The van der Waals surface area contributed by atoms with E-state index in [0.29, 0.717) is 35.6 Å². The van der Waals surface area contributed by atoms with Gasteiger partial charge < -0.3 is 24.8 Å². The second kappa shape index (κ2) is 11.9. The fraction of sp³-hybridized carbons (Fsp3) is 0.182. The van der Waals surface area contributed by atoms with Crippen LogP contribution in [0.15, 0.2) is 65.8 Å². The Hall–Kier alpha value is -3.08. The van der Waals surface area contributed by atoms with Gasteiger partial charge in [0.05, 0.1) is 14.2 Å². The normalized spacial score (nSPS) is 10.6. The summed E-state index contributed by atoms with van der Waals surface area (Å²) in [6.07, 6.45) is 1.62. The summed E-state index contributed by atoms with van der Waals surface area (Å²) >= 11 is 0. The summed E-state index contributed by atoms with van der Waals surface area (Å²) in [7, 11) is 4.84. The largest absolute Gasteiger partial charge is 0.493 e. The summed E-state index contributed by atoms with van der Waals surface area (Å²) in [4.78, 5) is 8.49. The van der Waals surface area contributed by atoms with Crippen LogP contribution in [0.3, 0.4) is 0 Å². The lowest BCUT2D eigenvalue weighted by atomic mass is 10.2. The van der Waals surface area contributed by atoms with Crippen LogP contribution in [0.25, 0.3) is 0 Å². The quantitative estimate of drug-likeness (QED) is 0.255. The zero-order valence-electron chi connectivity index (χ0n) is 17.4. The summed E-state index contributed by atoms with van der Waals surface area (Å²) in [6.45, 7) is 0.394. The van der Waals surface area contributed by atoms with Crippen molar-refractivity contribution in [3.8, 4) is 23.1 Å². The van der Waals surface area contributed by atoms with Crippen LogP contribution < -0.4 is 24.8 Å². The van der Waals surface area contributed by atoms with E-state index in [9.17, 15) is 4.39 Å². The lowest BCUT2D eigenvalue weighted by Crippen LogP contribution is -2.30. The summed E-state index contributed by atoms with van der Waals surface area (Å²) < 4.78 is 29.8. The minimum Gasteiger partial charge on any atom is -0.493 e. The highest BCUT2D eigenvalue weighted by Crippen LogP contribution is 2.29. The van der Waals surface area contributed by atoms with Gasteiger partial charge >= 0.3 is 0 Å². The standard InChI is InChI=1S/C22H23FN4O3.HI/c1-24-22(27-17-9-10-19(28-2)20(13-17)29-3)26-14-15-6-5-11-25-21(15)30-18-8-4-7-16(23)12-18;/h4-13H,14H2,1-3H3,(H2,24,26,27);1H. The summed E-state index contributed by atoms with van der Waals surface area (Å²) in [6, 6.07) is 15.1. The van der Waals surface area contributed by atoms with Crippen LogP contribution in [0.5, 0.6) is 23.1 Å². The number of aliphatic imine (C=N–C) groups is 1. The second-order valence-corrected chi connectivity index (χ2v) is 6.15. The maximum Gasteiger partial charge on any atom is 0.224 e. The van der Waals surface area contributed by atoms with Crippen molar-refractivity contribution < 1.29 is 18.6 Å². The topological polar surface area (TPSA) is 77.0 Å². The molecule has 0 radical (unpaired) electrons. The number of hydrogen-bond donors (Lipinski definition) is 2. The lowest BCUT2D eigenvalue weighted by molar-refractivity contribution is 0.355. The molecule has 2 aromatic carbocycles. The molecule has 31 heavy (non-hydrogen) atoms. The Morgan fingerprint density at radius 2 is 1.84 bits per heavy atom. The van der Waals surface area contributed by atoms with Crippen LogP contribution in [0.1, 0.15) is 5.56 Å². The van der Waals surface area contributed by atoms with Gasteiger partial charge in [0.2, 0.25) is 5.88 Å². The van der Waals surface area contributed by atoms with E-state index in [4.69, 9.17) is 14.2 Å². The Morgan fingerprint density at radius 1 is 1.03 bits per heavy atom. The molecule has 9 heteroatoms. The SMILES string of the molecule is CN=C(NCc1cccnc1Oc1cccc(F)c1)Nc1ccc(OC)c(OC)c1.I. The molecule has 0 bridgehead atoms. The number of rotatable bonds is 7. The van der Waals surface area contributed by atoms with Crippen LogP contribution in [0, 0.1) is 5.82 Å². The Kier molecular flexibility index (Phi) is 9.32. The number of hydrogen-bond acceptors (Lipinski definition) is 5. The van der Waals surface area contributed by atoms with Crippen LogP contribution in [-0.2, 0) is 6.54 Å². The fourth-order valence-electron chi connectivity index (χ4n) is 2.70. The number of nitrogens with one attached hydrogen (secondary N) is 2. The van der Waals surface area contributed by atoms with Gasteiger partial charge in [-0.25, -0.2) is 9.37 Å². The molecular weight excluding hydrogens is 514 g/mol. The maximum absolute atomic E-state index is 13.4. The number of aromatic nitrogens is 1. The summed E-state index contributed by atoms with van der Waals surface area (Å²) in [5.74, 6) is 2.18. The number of benzene rings is 2. The number of halogens is 2. The third-order valence-electron chi connectivity index (χ3n) is 4.18. The molecule has 0 aliphatic heterocycles. The monoisotopic (exact) mass is 538 g/mol. The van der Waals surface area contributed by atoms with E-state index in [0.717, 1.165) is 11.3 Å². The van der Waals surface area contributed by atoms with Crippen LogP contribution in [-0.4, -0.2) is 32.2 Å². The first-order valence-corrected chi connectivity index (χ1v) is 9.20. The van der Waals surface area contributed by atoms with Gasteiger partial charge in [0.1, 0.15) is 11.6 Å². The predicted octanol–water partition coefficient (Wildman–Crippen LogP) is 4.84. The highest BCUT2D eigenvalue weighted by atomic mass is 127. The van der Waals surface area contributed by atoms with Gasteiger partial charge in [-0.05, 0) is 30.3 Å². The number of anilines is 1. The molecule has 0 aliphatic carbocycles. The molecule has 2 N–H and O–H groups in total. The number of nitrogens with zero attached hydrogens (tertiary/aromatic N) is 2. The van der Waals surface area contributed by atoms with Crippen molar-refractivity contribution in [2.75, 3.05) is 26.6 Å². The molecule has 1 heterocycles. The van der Waals surface area contributed by atoms with Crippen LogP contribution in [0.2, 0.25) is 0 Å². The highest BCUT2D eigenvalue weighted by Gasteiger charge is 2.09. The second-order valence-electron chi connectivity index (χ2n) is 6.15. The van der Waals surface area contributed by atoms with Gasteiger partial charge in [-0.1, -0.05) is 12.1 Å². The van der Waals surface area contributed by atoms with E-state index in [-0.39, 0.29) is 29.8 Å². The Bertz CT molecular complexity index is 1030. The van der Waals surface area contributed by atoms with E-state index in [1.165, 1.54) is 12.1 Å². The Labute approximate surface area is 197 Å². The highest BCUT2D eigenvalue weighted by molar-refractivity contribution is 14.0. The molecule has 1 aromatic heterocycles. The molecule has 0 spiro atoms. The van der Waals surface area contributed by atoms with E-state index in [1.807, 2.05) is 18.2 Å². The van der Waals surface area contributed by atoms with Crippen molar-refractivity contribution in [2.45, 2.75) is 6.54 Å². The Balaban J connectivity index is 0.00000341. The first-order valence-electron chi connectivity index (χ1n) is 9.20. The van der Waals surface area contributed by atoms with Gasteiger partial charge in [-0.2, -0.15) is 0 Å². The lowest BCUT2D eigenvalue weighted by Gasteiger charge is -2.15.